The maximum atomic E-state index is 11.1. The van der Waals surface area contributed by atoms with Gasteiger partial charge in [-0.05, 0) is 35.4 Å². The van der Waals surface area contributed by atoms with Crippen LogP contribution < -0.4 is 0 Å². The van der Waals surface area contributed by atoms with Crippen LogP contribution in [-0.2, 0) is 7.05 Å². The molecule has 3 nitrogen and oxygen atoms in total. The molecule has 0 aliphatic carbocycles. The average Bonchev–Trinajstić information content (AvgIpc) is 2.77. The minimum Gasteiger partial charge on any atom is -0.477 e. The van der Waals surface area contributed by atoms with Crippen molar-refractivity contribution < 1.29 is 9.90 Å². The van der Waals surface area contributed by atoms with E-state index in [2.05, 4.69) is 0 Å². The van der Waals surface area contributed by atoms with E-state index < -0.39 is 5.97 Å². The molecule has 0 atom stereocenters. The van der Waals surface area contributed by atoms with E-state index in [0.717, 1.165) is 22.0 Å². The molecule has 0 fully saturated rings. The monoisotopic (exact) mass is 285 g/mol. The van der Waals surface area contributed by atoms with E-state index in [1.807, 2.05) is 42.5 Å². The van der Waals surface area contributed by atoms with E-state index in [-0.39, 0.29) is 5.69 Å². The summed E-state index contributed by atoms with van der Waals surface area (Å²) in [6, 6.07) is 15.2. The number of carbonyl (C=O) groups is 1. The second-order valence-corrected chi connectivity index (χ2v) is 5.11. The van der Waals surface area contributed by atoms with Crippen LogP contribution in [0.15, 0.2) is 48.5 Å². The molecule has 0 saturated carbocycles. The Kier molecular flexibility index (Phi) is 2.99. The summed E-state index contributed by atoms with van der Waals surface area (Å²) in [5.74, 6) is -0.920. The van der Waals surface area contributed by atoms with Gasteiger partial charge in [-0.15, -0.1) is 0 Å². The van der Waals surface area contributed by atoms with E-state index in [0.29, 0.717) is 5.02 Å². The molecule has 1 aromatic heterocycles. The zero-order chi connectivity index (χ0) is 14.3. The van der Waals surface area contributed by atoms with Gasteiger partial charge in [0.15, 0.2) is 0 Å². The van der Waals surface area contributed by atoms with Gasteiger partial charge in [0.1, 0.15) is 5.69 Å². The summed E-state index contributed by atoms with van der Waals surface area (Å²) in [4.78, 5) is 11.1. The molecule has 0 bridgehead atoms. The summed E-state index contributed by atoms with van der Waals surface area (Å²) in [6.07, 6.45) is 0. The minimum atomic E-state index is -0.920. The van der Waals surface area contributed by atoms with Gasteiger partial charge in [-0.1, -0.05) is 35.9 Å². The maximum absolute atomic E-state index is 11.1. The number of benzene rings is 2. The molecule has 0 radical (unpaired) electrons. The largest absolute Gasteiger partial charge is 0.477 e. The molecule has 0 aliphatic heterocycles. The van der Waals surface area contributed by atoms with Crippen molar-refractivity contribution in [2.24, 2.45) is 7.05 Å². The second-order valence-electron chi connectivity index (χ2n) is 4.67. The van der Waals surface area contributed by atoms with Crippen LogP contribution in [-0.4, -0.2) is 15.6 Å². The van der Waals surface area contributed by atoms with Crippen LogP contribution >= 0.6 is 11.6 Å². The fraction of sp³-hybridized carbons (Fsp3) is 0.0625. The van der Waals surface area contributed by atoms with Crippen molar-refractivity contribution in [2.45, 2.75) is 0 Å². The number of aromatic carboxylic acids is 1. The van der Waals surface area contributed by atoms with Crippen LogP contribution in [0.25, 0.3) is 22.0 Å². The van der Waals surface area contributed by atoms with E-state index >= 15 is 0 Å². The standard InChI is InChI=1S/C16H12ClNO2/c1-18-14-8-11(10-4-6-13(17)7-5-10)2-3-12(14)9-15(18)16(19)20/h2-9H,1H3,(H,19,20). The number of fused-ring (bicyclic) bond motifs is 1. The van der Waals surface area contributed by atoms with Crippen LogP contribution in [0.2, 0.25) is 5.02 Å². The highest BCUT2D eigenvalue weighted by Gasteiger charge is 2.12. The highest BCUT2D eigenvalue weighted by molar-refractivity contribution is 6.30. The molecule has 0 aliphatic rings. The first-order valence-electron chi connectivity index (χ1n) is 6.15. The number of carboxylic acid groups (broad SMARTS) is 1. The Bertz CT molecular complexity index is 803. The number of hydrogen-bond acceptors (Lipinski definition) is 1. The Morgan fingerprint density at radius 1 is 1.05 bits per heavy atom. The molecule has 100 valence electrons. The van der Waals surface area contributed by atoms with Gasteiger partial charge >= 0.3 is 5.97 Å². The fourth-order valence-electron chi connectivity index (χ4n) is 2.36. The number of aromatic nitrogens is 1. The lowest BCUT2D eigenvalue weighted by Gasteiger charge is -2.04. The lowest BCUT2D eigenvalue weighted by Crippen LogP contribution is -2.03. The third-order valence-corrected chi connectivity index (χ3v) is 3.69. The lowest BCUT2D eigenvalue weighted by atomic mass is 10.0. The van der Waals surface area contributed by atoms with Crippen LogP contribution in [0.1, 0.15) is 10.5 Å². The molecule has 1 N–H and O–H groups in total. The summed E-state index contributed by atoms with van der Waals surface area (Å²) in [6.45, 7) is 0. The Morgan fingerprint density at radius 3 is 2.35 bits per heavy atom. The molecule has 0 amide bonds. The molecular formula is C16H12ClNO2. The van der Waals surface area contributed by atoms with Crippen LogP contribution in [0.4, 0.5) is 0 Å². The predicted octanol–water partition coefficient (Wildman–Crippen LogP) is 4.20. The molecule has 2 aromatic carbocycles. The van der Waals surface area contributed by atoms with Gasteiger partial charge in [0.05, 0.1) is 0 Å². The maximum Gasteiger partial charge on any atom is 0.352 e. The normalized spacial score (nSPS) is 10.9. The number of carboxylic acids is 1. The molecule has 0 saturated heterocycles. The molecule has 1 heterocycles. The Balaban J connectivity index is 2.17. The van der Waals surface area contributed by atoms with Crippen molar-refractivity contribution >= 4 is 28.5 Å². The van der Waals surface area contributed by atoms with E-state index in [9.17, 15) is 4.79 Å². The van der Waals surface area contributed by atoms with E-state index in [1.54, 1.807) is 17.7 Å². The number of hydrogen-bond donors (Lipinski definition) is 1. The molecule has 4 heteroatoms. The average molecular weight is 286 g/mol. The van der Waals surface area contributed by atoms with E-state index in [4.69, 9.17) is 16.7 Å². The molecule has 3 rings (SSSR count). The molecule has 3 aromatic rings. The number of aryl methyl sites for hydroxylation is 1. The van der Waals surface area contributed by atoms with Gasteiger partial charge < -0.3 is 9.67 Å². The van der Waals surface area contributed by atoms with Crippen molar-refractivity contribution in [2.75, 3.05) is 0 Å². The van der Waals surface area contributed by atoms with Gasteiger partial charge in [-0.25, -0.2) is 4.79 Å². The van der Waals surface area contributed by atoms with E-state index in [1.165, 1.54) is 0 Å². The third kappa shape index (κ3) is 2.06. The van der Waals surface area contributed by atoms with Crippen molar-refractivity contribution in [1.82, 2.24) is 4.57 Å². The minimum absolute atomic E-state index is 0.285. The SMILES string of the molecule is Cn1c(C(=O)O)cc2ccc(-c3ccc(Cl)cc3)cc21. The second kappa shape index (κ2) is 4.69. The van der Waals surface area contributed by atoms with Gasteiger partial charge in [-0.2, -0.15) is 0 Å². The summed E-state index contributed by atoms with van der Waals surface area (Å²) in [5.41, 5.74) is 3.27. The summed E-state index contributed by atoms with van der Waals surface area (Å²) in [5, 5.41) is 10.8. The lowest BCUT2D eigenvalue weighted by molar-refractivity contribution is 0.0687. The van der Waals surface area contributed by atoms with Gasteiger partial charge in [-0.3, -0.25) is 0 Å². The molecule has 20 heavy (non-hydrogen) atoms. The zero-order valence-electron chi connectivity index (χ0n) is 10.8. The first-order chi connectivity index (χ1) is 9.56. The first-order valence-corrected chi connectivity index (χ1v) is 6.53. The van der Waals surface area contributed by atoms with Crippen LogP contribution in [0.5, 0.6) is 0 Å². The summed E-state index contributed by atoms with van der Waals surface area (Å²) in [7, 11) is 1.76. The Hall–Kier alpha value is -2.26. The number of halogens is 1. The van der Waals surface area contributed by atoms with Crippen molar-refractivity contribution in [3.8, 4) is 11.1 Å². The quantitative estimate of drug-likeness (QED) is 0.767. The summed E-state index contributed by atoms with van der Waals surface area (Å²) >= 11 is 5.89. The summed E-state index contributed by atoms with van der Waals surface area (Å²) < 4.78 is 1.69. The topological polar surface area (TPSA) is 42.2 Å². The van der Waals surface area contributed by atoms with Gasteiger partial charge in [0.2, 0.25) is 0 Å². The molecule has 0 spiro atoms. The first kappa shape index (κ1) is 12.8. The van der Waals surface area contributed by atoms with Gasteiger partial charge in [0.25, 0.3) is 0 Å². The van der Waals surface area contributed by atoms with Crippen LogP contribution in [0, 0.1) is 0 Å². The smallest absolute Gasteiger partial charge is 0.352 e. The van der Waals surface area contributed by atoms with Crippen LogP contribution in [0.3, 0.4) is 0 Å². The Labute approximate surface area is 121 Å². The molecule has 0 unspecified atom stereocenters. The number of nitrogens with zero attached hydrogens (tertiary/aromatic N) is 1. The van der Waals surface area contributed by atoms with Crippen molar-refractivity contribution in [1.29, 1.82) is 0 Å². The van der Waals surface area contributed by atoms with Crippen molar-refractivity contribution in [3.05, 3.63) is 59.2 Å². The number of rotatable bonds is 2. The highest BCUT2D eigenvalue weighted by Crippen LogP contribution is 2.27. The van der Waals surface area contributed by atoms with Crippen molar-refractivity contribution in [3.63, 3.8) is 0 Å². The fourth-order valence-corrected chi connectivity index (χ4v) is 2.48. The predicted molar refractivity (Wildman–Crippen MR) is 80.3 cm³/mol. The van der Waals surface area contributed by atoms with Gasteiger partial charge in [0, 0.05) is 23.0 Å². The third-order valence-electron chi connectivity index (χ3n) is 3.44. The zero-order valence-corrected chi connectivity index (χ0v) is 11.6. The molecular weight excluding hydrogens is 274 g/mol. The highest BCUT2D eigenvalue weighted by atomic mass is 35.5. The Morgan fingerprint density at radius 2 is 1.70 bits per heavy atom.